The number of rotatable bonds is 2. The molecule has 0 amide bonds. The van der Waals surface area contributed by atoms with Gasteiger partial charge in [0.2, 0.25) is 0 Å². The van der Waals surface area contributed by atoms with Gasteiger partial charge in [0.15, 0.2) is 0 Å². The van der Waals surface area contributed by atoms with Gasteiger partial charge in [-0.15, -0.1) is 0 Å². The molecule has 0 aliphatic rings. The fraction of sp³-hybridized carbons (Fsp3) is 0.800. The Labute approximate surface area is 65.3 Å². The molecule has 0 unspecified atom stereocenters. The fourth-order valence-electron chi connectivity index (χ4n) is 0.667. The summed E-state index contributed by atoms with van der Waals surface area (Å²) in [5.74, 6) is 0. The van der Waals surface area contributed by atoms with E-state index in [0.717, 1.165) is 0 Å². The fourth-order valence-corrected chi connectivity index (χ4v) is 0.667. The Morgan fingerprint density at radius 2 is 1.80 bits per heavy atom. The quantitative estimate of drug-likeness (QED) is 0.512. The molecule has 0 saturated carbocycles. The van der Waals surface area contributed by atoms with Gasteiger partial charge in [-0.1, -0.05) is 45.8 Å². The molecule has 0 aromatic carbocycles. The van der Waals surface area contributed by atoms with E-state index in [2.05, 4.69) is 40.7 Å². The van der Waals surface area contributed by atoms with E-state index in [9.17, 15) is 0 Å². The van der Waals surface area contributed by atoms with Crippen molar-refractivity contribution in [2.24, 2.45) is 5.41 Å². The summed E-state index contributed by atoms with van der Waals surface area (Å²) >= 11 is 0. The van der Waals surface area contributed by atoms with Crippen LogP contribution in [-0.2, 0) is 0 Å². The molecule has 0 aliphatic carbocycles. The van der Waals surface area contributed by atoms with Crippen molar-refractivity contribution < 1.29 is 0 Å². The predicted molar refractivity (Wildman–Crippen MR) is 48.1 cm³/mol. The van der Waals surface area contributed by atoms with Gasteiger partial charge in [-0.25, -0.2) is 0 Å². The molecule has 0 radical (unpaired) electrons. The van der Waals surface area contributed by atoms with E-state index in [1.165, 1.54) is 18.4 Å². The Morgan fingerprint density at radius 1 is 1.30 bits per heavy atom. The standard InChI is InChI=1S/C10H20/c1-6-7-8-9(2)10(3,4)5/h8H,6-7H2,1-5H3. The average molecular weight is 140 g/mol. The number of unbranched alkanes of at least 4 members (excludes halogenated alkanes) is 1. The molecule has 0 heterocycles. The summed E-state index contributed by atoms with van der Waals surface area (Å²) in [5, 5.41) is 0. The van der Waals surface area contributed by atoms with Crippen molar-refractivity contribution in [2.75, 3.05) is 0 Å². The molecule has 0 saturated heterocycles. The maximum Gasteiger partial charge on any atom is -0.0176 e. The zero-order valence-electron chi connectivity index (χ0n) is 7.99. The molecule has 0 aromatic rings. The lowest BCUT2D eigenvalue weighted by Crippen LogP contribution is -2.05. The second-order valence-corrected chi connectivity index (χ2v) is 3.93. The predicted octanol–water partition coefficient (Wildman–Crippen LogP) is 3.78. The topological polar surface area (TPSA) is 0 Å². The van der Waals surface area contributed by atoms with Gasteiger partial charge in [-0.2, -0.15) is 0 Å². The third-order valence-electron chi connectivity index (χ3n) is 1.92. The molecule has 0 spiro atoms. The van der Waals surface area contributed by atoms with Crippen LogP contribution in [0.4, 0.5) is 0 Å². The smallest absolute Gasteiger partial charge is 0.0176 e. The minimum absolute atomic E-state index is 0.370. The summed E-state index contributed by atoms with van der Waals surface area (Å²) in [6.45, 7) is 11.2. The molecule has 0 N–H and O–H groups in total. The largest absolute Gasteiger partial charge is 0.0851 e. The van der Waals surface area contributed by atoms with E-state index in [4.69, 9.17) is 0 Å². The Morgan fingerprint density at radius 3 is 2.10 bits per heavy atom. The lowest BCUT2D eigenvalue weighted by molar-refractivity contribution is 0.501. The molecule has 0 aromatic heterocycles. The highest BCUT2D eigenvalue weighted by molar-refractivity contribution is 5.06. The van der Waals surface area contributed by atoms with Crippen LogP contribution in [0.15, 0.2) is 11.6 Å². The molecule has 0 bridgehead atoms. The molecule has 0 aliphatic heterocycles. The molecule has 60 valence electrons. The lowest BCUT2D eigenvalue weighted by Gasteiger charge is -2.19. The molecule has 0 atom stereocenters. The minimum atomic E-state index is 0.370. The number of allylic oxidation sites excluding steroid dienone is 2. The summed E-state index contributed by atoms with van der Waals surface area (Å²) in [6.07, 6.45) is 4.83. The molecule has 0 heteroatoms. The van der Waals surface area contributed by atoms with Crippen LogP contribution >= 0.6 is 0 Å². The monoisotopic (exact) mass is 140 g/mol. The average Bonchev–Trinajstić information content (AvgIpc) is 1.80. The Hall–Kier alpha value is -0.260. The minimum Gasteiger partial charge on any atom is -0.0851 e. The van der Waals surface area contributed by atoms with E-state index < -0.39 is 0 Å². The van der Waals surface area contributed by atoms with Crippen molar-refractivity contribution in [2.45, 2.75) is 47.5 Å². The molecule has 10 heavy (non-hydrogen) atoms. The van der Waals surface area contributed by atoms with Crippen molar-refractivity contribution in [3.63, 3.8) is 0 Å². The zero-order valence-corrected chi connectivity index (χ0v) is 7.99. The maximum absolute atomic E-state index is 2.35. The number of hydrogen-bond donors (Lipinski definition) is 0. The zero-order chi connectivity index (χ0) is 8.20. The van der Waals surface area contributed by atoms with Crippen molar-refractivity contribution >= 4 is 0 Å². The normalized spacial score (nSPS) is 13.9. The van der Waals surface area contributed by atoms with Gasteiger partial charge in [-0.05, 0) is 18.8 Å². The van der Waals surface area contributed by atoms with Gasteiger partial charge in [-0.3, -0.25) is 0 Å². The summed E-state index contributed by atoms with van der Waals surface area (Å²) in [5.41, 5.74) is 1.88. The first kappa shape index (κ1) is 9.74. The van der Waals surface area contributed by atoms with E-state index >= 15 is 0 Å². The molecule has 0 rings (SSSR count). The summed E-state index contributed by atoms with van der Waals surface area (Å²) in [7, 11) is 0. The number of hydrogen-bond acceptors (Lipinski definition) is 0. The van der Waals surface area contributed by atoms with E-state index in [-0.39, 0.29) is 0 Å². The highest BCUT2D eigenvalue weighted by Crippen LogP contribution is 2.24. The SMILES string of the molecule is CCCC=C(C)C(C)(C)C. The van der Waals surface area contributed by atoms with Crippen LogP contribution in [0.5, 0.6) is 0 Å². The maximum atomic E-state index is 2.35. The van der Waals surface area contributed by atoms with E-state index in [1.54, 1.807) is 0 Å². The highest BCUT2D eigenvalue weighted by Gasteiger charge is 2.10. The summed E-state index contributed by atoms with van der Waals surface area (Å²) in [6, 6.07) is 0. The second kappa shape index (κ2) is 3.80. The van der Waals surface area contributed by atoms with Gasteiger partial charge in [0.25, 0.3) is 0 Å². The summed E-state index contributed by atoms with van der Waals surface area (Å²) < 4.78 is 0. The van der Waals surface area contributed by atoms with Crippen LogP contribution in [0.25, 0.3) is 0 Å². The van der Waals surface area contributed by atoms with E-state index in [1.807, 2.05) is 0 Å². The first-order valence-corrected chi connectivity index (χ1v) is 4.15. The third kappa shape index (κ3) is 3.71. The third-order valence-corrected chi connectivity index (χ3v) is 1.92. The molecular formula is C10H20. The Bertz CT molecular complexity index is 112. The Kier molecular flexibility index (Phi) is 3.70. The van der Waals surface area contributed by atoms with Gasteiger partial charge >= 0.3 is 0 Å². The lowest BCUT2D eigenvalue weighted by atomic mass is 9.87. The van der Waals surface area contributed by atoms with Crippen molar-refractivity contribution in [1.82, 2.24) is 0 Å². The Balaban J connectivity index is 3.93. The van der Waals surface area contributed by atoms with Crippen LogP contribution in [0.3, 0.4) is 0 Å². The molecule has 0 nitrogen and oxygen atoms in total. The summed E-state index contributed by atoms with van der Waals surface area (Å²) in [4.78, 5) is 0. The molecular weight excluding hydrogens is 120 g/mol. The van der Waals surface area contributed by atoms with Crippen molar-refractivity contribution in [1.29, 1.82) is 0 Å². The van der Waals surface area contributed by atoms with Crippen LogP contribution in [0.1, 0.15) is 47.5 Å². The van der Waals surface area contributed by atoms with Crippen LogP contribution in [-0.4, -0.2) is 0 Å². The van der Waals surface area contributed by atoms with Crippen LogP contribution in [0, 0.1) is 5.41 Å². The van der Waals surface area contributed by atoms with Crippen LogP contribution < -0.4 is 0 Å². The van der Waals surface area contributed by atoms with Gasteiger partial charge in [0, 0.05) is 0 Å². The first-order chi connectivity index (χ1) is 4.48. The van der Waals surface area contributed by atoms with Gasteiger partial charge < -0.3 is 0 Å². The molecule has 0 fully saturated rings. The van der Waals surface area contributed by atoms with Crippen LogP contribution in [0.2, 0.25) is 0 Å². The van der Waals surface area contributed by atoms with Crippen molar-refractivity contribution in [3.05, 3.63) is 11.6 Å². The van der Waals surface area contributed by atoms with Gasteiger partial charge in [0.1, 0.15) is 0 Å². The van der Waals surface area contributed by atoms with Gasteiger partial charge in [0.05, 0.1) is 0 Å². The van der Waals surface area contributed by atoms with Crippen molar-refractivity contribution in [3.8, 4) is 0 Å². The second-order valence-electron chi connectivity index (χ2n) is 3.93. The highest BCUT2D eigenvalue weighted by atomic mass is 14.2. The first-order valence-electron chi connectivity index (χ1n) is 4.15. The van der Waals surface area contributed by atoms with E-state index in [0.29, 0.717) is 5.41 Å².